The lowest BCUT2D eigenvalue weighted by atomic mass is 10.1. The number of rotatable bonds is 3. The molecule has 4 nitrogen and oxygen atoms in total. The molecule has 4 rings (SSSR count). The molecule has 2 aromatic rings. The van der Waals surface area contributed by atoms with Crippen LogP contribution in [0.2, 0.25) is 0 Å². The molecule has 1 aliphatic heterocycles. The van der Waals surface area contributed by atoms with Crippen LogP contribution in [-0.2, 0) is 11.3 Å². The molecule has 1 aromatic heterocycles. The van der Waals surface area contributed by atoms with Crippen molar-refractivity contribution in [1.82, 2.24) is 9.55 Å². The van der Waals surface area contributed by atoms with Crippen molar-refractivity contribution in [3.63, 3.8) is 0 Å². The molecule has 2 atom stereocenters. The van der Waals surface area contributed by atoms with Gasteiger partial charge in [0.25, 0.3) is 5.56 Å². The first kappa shape index (κ1) is 11.9. The molecule has 0 N–H and O–H groups in total. The summed E-state index contributed by atoms with van der Waals surface area (Å²) in [4.78, 5) is 16.2. The number of hydrogen-bond acceptors (Lipinski definition) is 3. The van der Waals surface area contributed by atoms with Crippen LogP contribution < -0.4 is 5.56 Å². The molecular weight excluding hydrogens is 252 g/mol. The highest BCUT2D eigenvalue weighted by Crippen LogP contribution is 2.51. The van der Waals surface area contributed by atoms with Crippen molar-refractivity contribution in [3.05, 3.63) is 53.1 Å². The fraction of sp³-hybridized carbons (Fsp3) is 0.375. The molecule has 2 heterocycles. The Kier molecular flexibility index (Phi) is 2.70. The second kappa shape index (κ2) is 4.56. The van der Waals surface area contributed by atoms with Gasteiger partial charge in [0.15, 0.2) is 0 Å². The molecule has 0 bridgehead atoms. The van der Waals surface area contributed by atoms with E-state index in [-0.39, 0.29) is 5.56 Å². The van der Waals surface area contributed by atoms with Gasteiger partial charge < -0.3 is 9.30 Å². The molecule has 20 heavy (non-hydrogen) atoms. The summed E-state index contributed by atoms with van der Waals surface area (Å²) >= 11 is 0. The fourth-order valence-corrected chi connectivity index (χ4v) is 3.20. The number of hydrogen-bond donors (Lipinski definition) is 0. The molecule has 1 aromatic carbocycles. The van der Waals surface area contributed by atoms with Gasteiger partial charge in [0, 0.05) is 18.3 Å². The first-order valence-corrected chi connectivity index (χ1v) is 7.02. The summed E-state index contributed by atoms with van der Waals surface area (Å²) in [5.41, 5.74) is 1.88. The maximum absolute atomic E-state index is 12.0. The van der Waals surface area contributed by atoms with Gasteiger partial charge in [0.05, 0.1) is 25.1 Å². The van der Waals surface area contributed by atoms with Crippen molar-refractivity contribution in [1.29, 1.82) is 0 Å². The number of fused-ring (bicyclic) bond motifs is 1. The van der Waals surface area contributed by atoms with Crippen LogP contribution in [0, 0.1) is 17.8 Å². The maximum Gasteiger partial charge on any atom is 0.269 e. The minimum atomic E-state index is -0.0180. The monoisotopic (exact) mass is 268 g/mol. The predicted molar refractivity (Wildman–Crippen MR) is 75.2 cm³/mol. The molecule has 4 heteroatoms. The van der Waals surface area contributed by atoms with Gasteiger partial charge in [-0.25, -0.2) is 4.98 Å². The Hall–Kier alpha value is -1.94. The summed E-state index contributed by atoms with van der Waals surface area (Å²) < 4.78 is 7.20. The van der Waals surface area contributed by atoms with Crippen molar-refractivity contribution in [2.24, 2.45) is 17.8 Å². The van der Waals surface area contributed by atoms with Crippen LogP contribution in [0.3, 0.4) is 0 Å². The zero-order valence-electron chi connectivity index (χ0n) is 11.1. The van der Waals surface area contributed by atoms with E-state index in [0.29, 0.717) is 17.8 Å². The van der Waals surface area contributed by atoms with E-state index in [1.807, 2.05) is 36.5 Å². The topological polar surface area (TPSA) is 44.1 Å². The first-order chi connectivity index (χ1) is 9.83. The first-order valence-electron chi connectivity index (χ1n) is 7.02. The molecule has 0 spiro atoms. The van der Waals surface area contributed by atoms with E-state index in [1.165, 1.54) is 6.20 Å². The Bertz CT molecular complexity index is 670. The molecule has 102 valence electrons. The molecular formula is C16H16N2O2. The van der Waals surface area contributed by atoms with Gasteiger partial charge in [0.1, 0.15) is 0 Å². The van der Waals surface area contributed by atoms with Gasteiger partial charge in [0.2, 0.25) is 0 Å². The number of nitrogens with zero attached hydrogens (tertiary/aromatic N) is 2. The lowest BCUT2D eigenvalue weighted by Crippen LogP contribution is -2.22. The molecule has 2 unspecified atom stereocenters. The van der Waals surface area contributed by atoms with E-state index in [9.17, 15) is 4.79 Å². The van der Waals surface area contributed by atoms with Gasteiger partial charge in [-0.3, -0.25) is 4.79 Å². The van der Waals surface area contributed by atoms with E-state index in [1.54, 1.807) is 4.57 Å². The summed E-state index contributed by atoms with van der Waals surface area (Å²) in [6.45, 7) is 2.52. The highest BCUT2D eigenvalue weighted by Gasteiger charge is 2.53. The molecule has 1 aliphatic carbocycles. The van der Waals surface area contributed by atoms with Crippen molar-refractivity contribution in [3.8, 4) is 11.3 Å². The number of aromatic nitrogens is 2. The average molecular weight is 268 g/mol. The third-order valence-corrected chi connectivity index (χ3v) is 4.48. The molecule has 1 saturated carbocycles. The van der Waals surface area contributed by atoms with E-state index < -0.39 is 0 Å². The van der Waals surface area contributed by atoms with Gasteiger partial charge in [-0.1, -0.05) is 30.3 Å². The van der Waals surface area contributed by atoms with Crippen molar-refractivity contribution in [2.45, 2.75) is 6.54 Å². The zero-order valence-corrected chi connectivity index (χ0v) is 11.1. The van der Waals surface area contributed by atoms with Crippen molar-refractivity contribution >= 4 is 0 Å². The number of ether oxygens (including phenoxy) is 1. The highest BCUT2D eigenvalue weighted by atomic mass is 16.5. The van der Waals surface area contributed by atoms with Crippen LogP contribution in [0.25, 0.3) is 11.3 Å². The molecule has 1 saturated heterocycles. The fourth-order valence-electron chi connectivity index (χ4n) is 3.20. The van der Waals surface area contributed by atoms with Gasteiger partial charge in [-0.2, -0.15) is 0 Å². The molecule has 2 aliphatic rings. The average Bonchev–Trinajstić information content (AvgIpc) is 2.92. The number of benzene rings is 1. The van der Waals surface area contributed by atoms with Crippen molar-refractivity contribution < 1.29 is 4.74 Å². The van der Waals surface area contributed by atoms with E-state index in [4.69, 9.17) is 4.74 Å². The highest BCUT2D eigenvalue weighted by molar-refractivity contribution is 5.57. The normalized spacial score (nSPS) is 27.3. The third-order valence-electron chi connectivity index (χ3n) is 4.48. The van der Waals surface area contributed by atoms with Crippen LogP contribution in [0.4, 0.5) is 0 Å². The van der Waals surface area contributed by atoms with Crippen LogP contribution in [0.15, 0.2) is 47.5 Å². The Morgan fingerprint density at radius 1 is 1.20 bits per heavy atom. The summed E-state index contributed by atoms with van der Waals surface area (Å²) in [5, 5.41) is 0. The lowest BCUT2D eigenvalue weighted by molar-refractivity contribution is 0.148. The Balaban J connectivity index is 1.61. The molecule has 0 amide bonds. The minimum Gasteiger partial charge on any atom is -0.381 e. The van der Waals surface area contributed by atoms with Gasteiger partial charge in [-0.05, 0) is 17.8 Å². The van der Waals surface area contributed by atoms with Crippen LogP contribution in [0.5, 0.6) is 0 Å². The lowest BCUT2D eigenvalue weighted by Gasteiger charge is -2.09. The standard InChI is InChI=1S/C16H16N2O2/c19-16-6-17-15(11-4-2-1-3-5-11)8-18(16)7-12-13-9-20-10-14(12)13/h1-6,8,12-14H,7,9-10H2. The summed E-state index contributed by atoms with van der Waals surface area (Å²) in [6, 6.07) is 9.96. The second-order valence-electron chi connectivity index (χ2n) is 5.66. The smallest absolute Gasteiger partial charge is 0.269 e. The van der Waals surface area contributed by atoms with E-state index in [2.05, 4.69) is 4.98 Å². The summed E-state index contributed by atoms with van der Waals surface area (Å²) in [7, 11) is 0. The van der Waals surface area contributed by atoms with E-state index in [0.717, 1.165) is 31.0 Å². The molecule has 2 fully saturated rings. The Labute approximate surface area is 117 Å². The van der Waals surface area contributed by atoms with Gasteiger partial charge >= 0.3 is 0 Å². The summed E-state index contributed by atoms with van der Waals surface area (Å²) in [5.74, 6) is 1.93. The zero-order chi connectivity index (χ0) is 13.5. The van der Waals surface area contributed by atoms with Crippen LogP contribution in [0.1, 0.15) is 0 Å². The molecule has 0 radical (unpaired) electrons. The Morgan fingerprint density at radius 3 is 2.70 bits per heavy atom. The SMILES string of the molecule is O=c1cnc(-c2ccccc2)cn1CC1C2COCC21. The predicted octanol–water partition coefficient (Wildman–Crippen LogP) is 1.80. The second-order valence-corrected chi connectivity index (χ2v) is 5.66. The van der Waals surface area contributed by atoms with Crippen LogP contribution >= 0.6 is 0 Å². The van der Waals surface area contributed by atoms with Gasteiger partial charge in [-0.15, -0.1) is 0 Å². The quantitative estimate of drug-likeness (QED) is 0.852. The van der Waals surface area contributed by atoms with E-state index >= 15 is 0 Å². The van der Waals surface area contributed by atoms with Crippen molar-refractivity contribution in [2.75, 3.05) is 13.2 Å². The third kappa shape index (κ3) is 1.96. The largest absolute Gasteiger partial charge is 0.381 e. The Morgan fingerprint density at radius 2 is 1.95 bits per heavy atom. The minimum absolute atomic E-state index is 0.0180. The summed E-state index contributed by atoms with van der Waals surface area (Å²) in [6.07, 6.45) is 3.31. The maximum atomic E-state index is 12.0. The van der Waals surface area contributed by atoms with Crippen LogP contribution in [-0.4, -0.2) is 22.8 Å².